The van der Waals surface area contributed by atoms with Gasteiger partial charge in [0.25, 0.3) is 0 Å². The maximum Gasteiger partial charge on any atom is 0.228 e. The van der Waals surface area contributed by atoms with E-state index < -0.39 is 0 Å². The number of rotatable bonds is 4. The Kier molecular flexibility index (Phi) is 4.49. The number of carbonyl (C=O) groups is 1. The van der Waals surface area contributed by atoms with Crippen LogP contribution >= 0.6 is 11.6 Å². The van der Waals surface area contributed by atoms with Crippen molar-refractivity contribution in [2.45, 2.75) is 6.42 Å². The summed E-state index contributed by atoms with van der Waals surface area (Å²) in [6, 6.07) is 13.6. The Hall–Kier alpha value is -2.46. The van der Waals surface area contributed by atoms with Crippen molar-refractivity contribution in [1.29, 1.82) is 0 Å². The van der Waals surface area contributed by atoms with E-state index in [2.05, 4.69) is 11.4 Å². The van der Waals surface area contributed by atoms with Crippen LogP contribution in [0.4, 0.5) is 11.4 Å². The fraction of sp³-hybridized carbons (Fsp3) is 0.211. The van der Waals surface area contributed by atoms with Crippen LogP contribution in [-0.4, -0.2) is 24.6 Å². The molecule has 0 saturated carbocycles. The molecule has 5 heteroatoms. The predicted octanol–water partition coefficient (Wildman–Crippen LogP) is 4.08. The van der Waals surface area contributed by atoms with Crippen LogP contribution in [0.15, 0.2) is 48.7 Å². The second kappa shape index (κ2) is 6.57. The Morgan fingerprint density at radius 3 is 2.71 bits per heavy atom. The molecule has 0 bridgehead atoms. The smallest absolute Gasteiger partial charge is 0.228 e. The third-order valence-corrected chi connectivity index (χ3v) is 4.28. The van der Waals surface area contributed by atoms with Gasteiger partial charge in [0, 0.05) is 43.3 Å². The number of para-hydroxylation sites is 1. The van der Waals surface area contributed by atoms with Crippen molar-refractivity contribution in [2.75, 3.05) is 24.3 Å². The van der Waals surface area contributed by atoms with Crippen LogP contribution in [0.25, 0.3) is 10.9 Å². The van der Waals surface area contributed by atoms with E-state index in [9.17, 15) is 4.79 Å². The van der Waals surface area contributed by atoms with Gasteiger partial charge in [-0.1, -0.05) is 29.8 Å². The van der Waals surface area contributed by atoms with E-state index in [0.717, 1.165) is 27.8 Å². The molecule has 0 unspecified atom stereocenters. The minimum absolute atomic E-state index is 0.0586. The Labute approximate surface area is 146 Å². The molecule has 0 aliphatic heterocycles. The number of nitrogens with zero attached hydrogens (tertiary/aromatic N) is 2. The maximum absolute atomic E-state index is 12.5. The Balaban J connectivity index is 1.85. The topological polar surface area (TPSA) is 37.3 Å². The number of aromatic nitrogens is 1. The zero-order valence-corrected chi connectivity index (χ0v) is 14.8. The van der Waals surface area contributed by atoms with E-state index in [4.69, 9.17) is 11.6 Å². The van der Waals surface area contributed by atoms with E-state index in [1.807, 2.05) is 67.1 Å². The standard InChI is InChI=1S/C19H20ClN3O/c1-22(2)18-9-8-14(20)11-16(18)21-19(24)10-13-12-23(3)17-7-5-4-6-15(13)17/h4-9,11-12H,10H2,1-3H3,(H,21,24). The first-order valence-electron chi connectivity index (χ1n) is 7.75. The van der Waals surface area contributed by atoms with Gasteiger partial charge in [-0.25, -0.2) is 0 Å². The summed E-state index contributed by atoms with van der Waals surface area (Å²) < 4.78 is 2.04. The molecule has 2 aromatic carbocycles. The van der Waals surface area contributed by atoms with Gasteiger partial charge in [-0.15, -0.1) is 0 Å². The number of hydrogen-bond acceptors (Lipinski definition) is 2. The molecule has 1 heterocycles. The van der Waals surface area contributed by atoms with Crippen LogP contribution in [0, 0.1) is 0 Å². The number of halogens is 1. The molecule has 3 rings (SSSR count). The van der Waals surface area contributed by atoms with Crippen molar-refractivity contribution in [3.05, 3.63) is 59.2 Å². The highest BCUT2D eigenvalue weighted by atomic mass is 35.5. The van der Waals surface area contributed by atoms with E-state index in [1.165, 1.54) is 0 Å². The summed E-state index contributed by atoms with van der Waals surface area (Å²) in [5.41, 5.74) is 3.78. The summed E-state index contributed by atoms with van der Waals surface area (Å²) in [5.74, 6) is -0.0586. The molecule has 0 saturated heterocycles. The molecule has 124 valence electrons. The fourth-order valence-corrected chi connectivity index (χ4v) is 3.10. The summed E-state index contributed by atoms with van der Waals surface area (Å²) in [5, 5.41) is 4.68. The van der Waals surface area contributed by atoms with Gasteiger partial charge in [-0.2, -0.15) is 0 Å². The van der Waals surface area contributed by atoms with Gasteiger partial charge in [0.2, 0.25) is 5.91 Å². The van der Waals surface area contributed by atoms with Crippen molar-refractivity contribution < 1.29 is 4.79 Å². The van der Waals surface area contributed by atoms with Gasteiger partial charge >= 0.3 is 0 Å². The molecule has 3 aromatic rings. The largest absolute Gasteiger partial charge is 0.376 e. The monoisotopic (exact) mass is 341 g/mol. The lowest BCUT2D eigenvalue weighted by Crippen LogP contribution is -2.18. The molecular weight excluding hydrogens is 322 g/mol. The van der Waals surface area contributed by atoms with Gasteiger partial charge < -0.3 is 14.8 Å². The average Bonchev–Trinajstić information content (AvgIpc) is 2.83. The fourth-order valence-electron chi connectivity index (χ4n) is 2.93. The average molecular weight is 342 g/mol. The molecule has 1 N–H and O–H groups in total. The lowest BCUT2D eigenvalue weighted by Gasteiger charge is -2.18. The van der Waals surface area contributed by atoms with Crippen LogP contribution in [-0.2, 0) is 18.3 Å². The highest BCUT2D eigenvalue weighted by molar-refractivity contribution is 6.31. The SMILES string of the molecule is CN(C)c1ccc(Cl)cc1NC(=O)Cc1cn(C)c2ccccc12. The Bertz CT molecular complexity index is 899. The molecule has 0 aliphatic carbocycles. The van der Waals surface area contributed by atoms with Crippen molar-refractivity contribution in [2.24, 2.45) is 7.05 Å². The number of amides is 1. The summed E-state index contributed by atoms with van der Waals surface area (Å²) in [6.07, 6.45) is 2.33. The van der Waals surface area contributed by atoms with E-state index in [0.29, 0.717) is 11.4 Å². The van der Waals surface area contributed by atoms with Gasteiger partial charge in [-0.3, -0.25) is 4.79 Å². The van der Waals surface area contributed by atoms with Crippen molar-refractivity contribution in [1.82, 2.24) is 4.57 Å². The molecular formula is C19H20ClN3O. The third kappa shape index (κ3) is 3.24. The summed E-state index contributed by atoms with van der Waals surface area (Å²) in [7, 11) is 5.86. The van der Waals surface area contributed by atoms with Crippen LogP contribution in [0.5, 0.6) is 0 Å². The summed E-state index contributed by atoms with van der Waals surface area (Å²) >= 11 is 6.07. The van der Waals surface area contributed by atoms with E-state index in [-0.39, 0.29) is 5.91 Å². The van der Waals surface area contributed by atoms with Gasteiger partial charge in [0.1, 0.15) is 0 Å². The summed E-state index contributed by atoms with van der Waals surface area (Å²) in [4.78, 5) is 14.5. The molecule has 0 aliphatic rings. The zero-order valence-electron chi connectivity index (χ0n) is 14.0. The van der Waals surface area contributed by atoms with Gasteiger partial charge in [0.05, 0.1) is 17.8 Å². The van der Waals surface area contributed by atoms with Gasteiger partial charge in [-0.05, 0) is 29.8 Å². The van der Waals surface area contributed by atoms with Crippen LogP contribution < -0.4 is 10.2 Å². The van der Waals surface area contributed by atoms with Crippen molar-refractivity contribution in [3.63, 3.8) is 0 Å². The van der Waals surface area contributed by atoms with E-state index >= 15 is 0 Å². The zero-order chi connectivity index (χ0) is 17.3. The Morgan fingerprint density at radius 2 is 1.96 bits per heavy atom. The predicted molar refractivity (Wildman–Crippen MR) is 101 cm³/mol. The molecule has 0 radical (unpaired) electrons. The number of benzene rings is 2. The quantitative estimate of drug-likeness (QED) is 0.776. The summed E-state index contributed by atoms with van der Waals surface area (Å²) in [6.45, 7) is 0. The second-order valence-corrected chi connectivity index (χ2v) is 6.50. The number of fused-ring (bicyclic) bond motifs is 1. The Morgan fingerprint density at radius 1 is 1.21 bits per heavy atom. The number of nitrogens with one attached hydrogen (secondary N) is 1. The minimum Gasteiger partial charge on any atom is -0.376 e. The first kappa shape index (κ1) is 16.4. The lowest BCUT2D eigenvalue weighted by atomic mass is 10.1. The maximum atomic E-state index is 12.5. The molecule has 4 nitrogen and oxygen atoms in total. The number of anilines is 2. The first-order valence-corrected chi connectivity index (χ1v) is 8.13. The normalized spacial score (nSPS) is 10.8. The van der Waals surface area contributed by atoms with Crippen molar-refractivity contribution in [3.8, 4) is 0 Å². The molecule has 0 fully saturated rings. The molecule has 0 spiro atoms. The molecule has 0 atom stereocenters. The minimum atomic E-state index is -0.0586. The van der Waals surface area contributed by atoms with Crippen LogP contribution in [0.3, 0.4) is 0 Å². The number of aryl methyl sites for hydroxylation is 1. The second-order valence-electron chi connectivity index (χ2n) is 6.06. The highest BCUT2D eigenvalue weighted by Gasteiger charge is 2.13. The van der Waals surface area contributed by atoms with E-state index in [1.54, 1.807) is 6.07 Å². The molecule has 1 aromatic heterocycles. The third-order valence-electron chi connectivity index (χ3n) is 4.04. The lowest BCUT2D eigenvalue weighted by molar-refractivity contribution is -0.115. The van der Waals surface area contributed by atoms with Gasteiger partial charge in [0.15, 0.2) is 0 Å². The van der Waals surface area contributed by atoms with Crippen molar-refractivity contribution >= 4 is 39.8 Å². The first-order chi connectivity index (χ1) is 11.5. The molecule has 1 amide bonds. The highest BCUT2D eigenvalue weighted by Crippen LogP contribution is 2.28. The van der Waals surface area contributed by atoms with Crippen LogP contribution in [0.1, 0.15) is 5.56 Å². The number of hydrogen-bond donors (Lipinski definition) is 1. The van der Waals surface area contributed by atoms with Crippen LogP contribution in [0.2, 0.25) is 5.02 Å². The number of carbonyl (C=O) groups excluding carboxylic acids is 1. The molecule has 24 heavy (non-hydrogen) atoms.